The number of sulfonamides is 1. The molecule has 1 saturated heterocycles. The van der Waals surface area contributed by atoms with E-state index in [0.717, 1.165) is 11.9 Å². The molecule has 1 heterocycles. The summed E-state index contributed by atoms with van der Waals surface area (Å²) < 4.78 is 29.6. The molecule has 1 fully saturated rings. The summed E-state index contributed by atoms with van der Waals surface area (Å²) in [7, 11) is -1.77. The van der Waals surface area contributed by atoms with Crippen LogP contribution in [0.15, 0.2) is 24.3 Å². The van der Waals surface area contributed by atoms with E-state index in [-0.39, 0.29) is 37.4 Å². The van der Waals surface area contributed by atoms with Crippen LogP contribution in [0, 0.1) is 0 Å². The lowest BCUT2D eigenvalue weighted by atomic mass is 10.1. The van der Waals surface area contributed by atoms with Gasteiger partial charge in [-0.05, 0) is 19.1 Å². The molecular formula is C16H23N3O5S. The lowest BCUT2D eigenvalue weighted by molar-refractivity contribution is -0.139. The van der Waals surface area contributed by atoms with Gasteiger partial charge in [-0.15, -0.1) is 0 Å². The summed E-state index contributed by atoms with van der Waals surface area (Å²) >= 11 is 0. The second-order valence-electron chi connectivity index (χ2n) is 5.99. The molecule has 0 spiro atoms. The van der Waals surface area contributed by atoms with Gasteiger partial charge in [-0.25, -0.2) is 13.1 Å². The maximum absolute atomic E-state index is 12.5. The summed E-state index contributed by atoms with van der Waals surface area (Å²) in [6.45, 7) is 2.23. The molecule has 0 bridgehead atoms. The van der Waals surface area contributed by atoms with Gasteiger partial charge in [0.1, 0.15) is 12.3 Å². The van der Waals surface area contributed by atoms with Crippen molar-refractivity contribution in [2.75, 3.05) is 37.9 Å². The van der Waals surface area contributed by atoms with Crippen molar-refractivity contribution in [2.45, 2.75) is 19.4 Å². The highest BCUT2D eigenvalue weighted by Gasteiger charge is 2.33. The van der Waals surface area contributed by atoms with Gasteiger partial charge < -0.3 is 14.5 Å². The Hall–Kier alpha value is -2.13. The third-order valence-electron chi connectivity index (χ3n) is 3.97. The van der Waals surface area contributed by atoms with Crippen molar-refractivity contribution in [3.63, 3.8) is 0 Å². The molecule has 0 unspecified atom stereocenters. The Balaban J connectivity index is 2.01. The number of carbonyl (C=O) groups excluding carboxylic acids is 2. The largest absolute Gasteiger partial charge is 0.497 e. The van der Waals surface area contributed by atoms with E-state index in [2.05, 4.69) is 4.72 Å². The number of hydrogen-bond donors (Lipinski definition) is 1. The molecule has 0 aliphatic carbocycles. The molecule has 1 aromatic carbocycles. The molecule has 138 valence electrons. The molecule has 0 radical (unpaired) electrons. The number of carbonyl (C=O) groups is 2. The zero-order chi connectivity index (χ0) is 18.6. The maximum Gasteiger partial charge on any atom is 0.246 e. The summed E-state index contributed by atoms with van der Waals surface area (Å²) in [5.74, 6) is 0.223. The third kappa shape index (κ3) is 5.17. The van der Waals surface area contributed by atoms with Crippen molar-refractivity contribution in [2.24, 2.45) is 0 Å². The highest BCUT2D eigenvalue weighted by Crippen LogP contribution is 2.24. The van der Waals surface area contributed by atoms with E-state index < -0.39 is 10.0 Å². The molecular weight excluding hydrogens is 346 g/mol. The average molecular weight is 369 g/mol. The summed E-state index contributed by atoms with van der Waals surface area (Å²) in [6, 6.07) is 7.03. The Morgan fingerprint density at radius 2 is 2.12 bits per heavy atom. The van der Waals surface area contributed by atoms with Crippen LogP contribution in [0.4, 0.5) is 5.69 Å². The van der Waals surface area contributed by atoms with Gasteiger partial charge in [-0.1, -0.05) is 6.07 Å². The van der Waals surface area contributed by atoms with Crippen molar-refractivity contribution < 1.29 is 22.7 Å². The van der Waals surface area contributed by atoms with E-state index in [4.69, 9.17) is 4.74 Å². The first-order valence-electron chi connectivity index (χ1n) is 7.90. The van der Waals surface area contributed by atoms with Crippen molar-refractivity contribution in [1.82, 2.24) is 9.62 Å². The molecule has 25 heavy (non-hydrogen) atoms. The predicted molar refractivity (Wildman–Crippen MR) is 94.0 cm³/mol. The van der Waals surface area contributed by atoms with Gasteiger partial charge in [0.25, 0.3) is 0 Å². The fourth-order valence-electron chi connectivity index (χ4n) is 2.70. The SMILES string of the molecule is COc1cccc(N2C[C@H](C)N(C(=O)CCNS(C)(=O)=O)CC2=O)c1. The average Bonchev–Trinajstić information content (AvgIpc) is 2.55. The monoisotopic (exact) mass is 369 g/mol. The summed E-state index contributed by atoms with van der Waals surface area (Å²) in [4.78, 5) is 27.9. The first-order valence-corrected chi connectivity index (χ1v) is 9.79. The van der Waals surface area contributed by atoms with Crippen LogP contribution in [-0.2, 0) is 19.6 Å². The molecule has 1 N–H and O–H groups in total. The lowest BCUT2D eigenvalue weighted by Gasteiger charge is -2.39. The Labute approximate surface area is 147 Å². The highest BCUT2D eigenvalue weighted by molar-refractivity contribution is 7.88. The predicted octanol–water partition coefficient (Wildman–Crippen LogP) is 0.198. The number of nitrogens with one attached hydrogen (secondary N) is 1. The minimum Gasteiger partial charge on any atom is -0.497 e. The standard InChI is InChI=1S/C16H23N3O5S/c1-12-10-19(13-5-4-6-14(9-13)24-2)16(21)11-18(12)15(20)7-8-17-25(3,22)23/h4-6,9,12,17H,7-8,10-11H2,1-3H3/t12-/m0/s1. The van der Waals surface area contributed by atoms with Gasteiger partial charge in [0, 0.05) is 37.3 Å². The van der Waals surface area contributed by atoms with Crippen LogP contribution in [0.5, 0.6) is 5.75 Å². The topological polar surface area (TPSA) is 96.0 Å². The molecule has 9 heteroatoms. The molecule has 1 atom stereocenters. The number of rotatable bonds is 6. The second-order valence-corrected chi connectivity index (χ2v) is 7.83. The summed E-state index contributed by atoms with van der Waals surface area (Å²) in [6.07, 6.45) is 1.06. The lowest BCUT2D eigenvalue weighted by Crippen LogP contribution is -2.57. The quantitative estimate of drug-likeness (QED) is 0.773. The number of hydrogen-bond acceptors (Lipinski definition) is 5. The molecule has 0 saturated carbocycles. The number of benzene rings is 1. The number of piperazine rings is 1. The van der Waals surface area contributed by atoms with Crippen LogP contribution in [-0.4, -0.2) is 64.2 Å². The van der Waals surface area contributed by atoms with Crippen molar-refractivity contribution >= 4 is 27.5 Å². The van der Waals surface area contributed by atoms with E-state index in [9.17, 15) is 18.0 Å². The molecule has 0 aromatic heterocycles. The third-order valence-corrected chi connectivity index (χ3v) is 4.70. The first kappa shape index (κ1) is 19.2. The summed E-state index contributed by atoms with van der Waals surface area (Å²) in [5.41, 5.74) is 0.724. The smallest absolute Gasteiger partial charge is 0.246 e. The fourth-order valence-corrected chi connectivity index (χ4v) is 3.17. The Bertz CT molecular complexity index is 750. The van der Waals surface area contributed by atoms with Crippen LogP contribution >= 0.6 is 0 Å². The number of methoxy groups -OCH3 is 1. The van der Waals surface area contributed by atoms with Gasteiger partial charge in [0.2, 0.25) is 21.8 Å². The Morgan fingerprint density at radius 1 is 1.40 bits per heavy atom. The zero-order valence-corrected chi connectivity index (χ0v) is 15.4. The molecule has 2 rings (SSSR count). The van der Waals surface area contributed by atoms with E-state index >= 15 is 0 Å². The van der Waals surface area contributed by atoms with Gasteiger partial charge >= 0.3 is 0 Å². The number of amides is 2. The van der Waals surface area contributed by atoms with E-state index in [1.54, 1.807) is 30.2 Å². The van der Waals surface area contributed by atoms with Gasteiger partial charge in [0.15, 0.2) is 0 Å². The minimum atomic E-state index is -3.33. The maximum atomic E-state index is 12.5. The van der Waals surface area contributed by atoms with Crippen LogP contribution in [0.1, 0.15) is 13.3 Å². The van der Waals surface area contributed by atoms with Gasteiger partial charge in [-0.2, -0.15) is 0 Å². The Morgan fingerprint density at radius 3 is 2.76 bits per heavy atom. The number of ether oxygens (including phenoxy) is 1. The minimum absolute atomic E-state index is 0.0177. The van der Waals surface area contributed by atoms with Crippen LogP contribution in [0.3, 0.4) is 0 Å². The Kier molecular flexibility index (Phi) is 6.02. The molecule has 1 aromatic rings. The highest BCUT2D eigenvalue weighted by atomic mass is 32.2. The van der Waals surface area contributed by atoms with Crippen LogP contribution < -0.4 is 14.4 Å². The molecule has 8 nitrogen and oxygen atoms in total. The van der Waals surface area contributed by atoms with Crippen LogP contribution in [0.2, 0.25) is 0 Å². The summed E-state index contributed by atoms with van der Waals surface area (Å²) in [5, 5.41) is 0. The van der Waals surface area contributed by atoms with Crippen molar-refractivity contribution in [3.8, 4) is 5.75 Å². The van der Waals surface area contributed by atoms with E-state index in [1.165, 1.54) is 4.90 Å². The second kappa shape index (κ2) is 7.83. The molecule has 1 aliphatic heterocycles. The molecule has 1 aliphatic rings. The number of anilines is 1. The van der Waals surface area contributed by atoms with Gasteiger partial charge in [0.05, 0.1) is 13.4 Å². The van der Waals surface area contributed by atoms with Gasteiger partial charge in [-0.3, -0.25) is 9.59 Å². The van der Waals surface area contributed by atoms with Crippen molar-refractivity contribution in [1.29, 1.82) is 0 Å². The zero-order valence-electron chi connectivity index (χ0n) is 14.6. The fraction of sp³-hybridized carbons (Fsp3) is 0.500. The van der Waals surface area contributed by atoms with E-state index in [1.807, 2.05) is 13.0 Å². The molecule has 2 amide bonds. The normalized spacial score (nSPS) is 18.4. The van der Waals surface area contributed by atoms with E-state index in [0.29, 0.717) is 12.3 Å². The number of nitrogens with zero attached hydrogens (tertiary/aromatic N) is 2. The first-order chi connectivity index (χ1) is 11.7. The van der Waals surface area contributed by atoms with Crippen LogP contribution in [0.25, 0.3) is 0 Å². The van der Waals surface area contributed by atoms with Crippen molar-refractivity contribution in [3.05, 3.63) is 24.3 Å².